The third kappa shape index (κ3) is 1.88. The highest BCUT2D eigenvalue weighted by Gasteiger charge is 2.59. The number of nitrogens with one attached hydrogen (secondary N) is 1. The van der Waals surface area contributed by atoms with Crippen molar-refractivity contribution >= 4 is 11.0 Å². The van der Waals surface area contributed by atoms with Gasteiger partial charge in [-0.15, -0.1) is 0 Å². The van der Waals surface area contributed by atoms with Crippen LogP contribution in [-0.2, 0) is 0 Å². The molecule has 2 heterocycles. The van der Waals surface area contributed by atoms with Gasteiger partial charge < -0.3 is 15.4 Å². The Balaban J connectivity index is 2.21. The second kappa shape index (κ2) is 4.88. The Hall–Kier alpha value is -1.75. The fraction of sp³-hybridized carbons (Fsp3) is 0.500. The summed E-state index contributed by atoms with van der Waals surface area (Å²) in [5, 5.41) is 22.3. The van der Waals surface area contributed by atoms with Gasteiger partial charge in [0, 0.05) is 0 Å². The summed E-state index contributed by atoms with van der Waals surface area (Å²) in [4.78, 5) is 6.02. The number of hydrogen-bond acceptors (Lipinski definition) is 5. The lowest BCUT2D eigenvalue weighted by atomic mass is 9.84. The molecule has 0 atom stereocenters. The van der Waals surface area contributed by atoms with Crippen molar-refractivity contribution in [1.29, 1.82) is 0 Å². The highest BCUT2D eigenvalue weighted by Crippen LogP contribution is 2.47. The van der Waals surface area contributed by atoms with Crippen LogP contribution in [-0.4, -0.2) is 41.6 Å². The van der Waals surface area contributed by atoms with Gasteiger partial charge in [-0.05, 0) is 27.7 Å². The van der Waals surface area contributed by atoms with Gasteiger partial charge in [0.05, 0.1) is 11.1 Å². The summed E-state index contributed by atoms with van der Waals surface area (Å²) >= 11 is 0. The summed E-state index contributed by atoms with van der Waals surface area (Å²) < 4.78 is 54.3. The number of aromatic nitrogens is 2. The summed E-state index contributed by atoms with van der Waals surface area (Å²) in [7, 11) is 0. The largest absolute Gasteiger partial charge is 0.337 e. The summed E-state index contributed by atoms with van der Waals surface area (Å²) in [6.45, 7) is 6.55. The number of hydrogen-bond donors (Lipinski definition) is 3. The van der Waals surface area contributed by atoms with Gasteiger partial charge in [0.2, 0.25) is 0 Å². The topological polar surface area (TPSA) is 75.6 Å². The summed E-state index contributed by atoms with van der Waals surface area (Å²) in [6.07, 6.45) is -1.31. The van der Waals surface area contributed by atoms with Crippen LogP contribution in [0, 0.1) is 23.3 Å². The van der Waals surface area contributed by atoms with Gasteiger partial charge in [-0.3, -0.25) is 0 Å². The second-order valence-electron chi connectivity index (χ2n) is 6.78. The minimum absolute atomic E-state index is 0.267. The maximum absolute atomic E-state index is 13.8. The van der Waals surface area contributed by atoms with Gasteiger partial charge in [-0.1, -0.05) is 0 Å². The first-order valence-electron chi connectivity index (χ1n) is 7.11. The minimum Gasteiger partial charge on any atom is -0.337 e. The molecule has 0 bridgehead atoms. The summed E-state index contributed by atoms with van der Waals surface area (Å²) in [6, 6.07) is 0. The minimum atomic E-state index is -1.98. The van der Waals surface area contributed by atoms with Gasteiger partial charge in [-0.25, -0.2) is 22.5 Å². The molecule has 0 spiro atoms. The van der Waals surface area contributed by atoms with E-state index in [4.69, 9.17) is 0 Å². The number of imidazole rings is 1. The van der Waals surface area contributed by atoms with Crippen molar-refractivity contribution < 1.29 is 28.0 Å². The van der Waals surface area contributed by atoms with Crippen molar-refractivity contribution in [2.75, 3.05) is 0 Å². The number of H-pyrrole nitrogens is 1. The molecule has 0 radical (unpaired) electrons. The van der Waals surface area contributed by atoms with E-state index >= 15 is 0 Å². The van der Waals surface area contributed by atoms with Crippen molar-refractivity contribution in [2.45, 2.75) is 44.9 Å². The number of hydroxylamine groups is 4. The molecule has 2 aromatic rings. The Morgan fingerprint density at radius 2 is 1.33 bits per heavy atom. The number of rotatable bonds is 1. The first-order chi connectivity index (χ1) is 10.9. The molecular formula is C14H16F4N4O2. The SMILES string of the molecule is CC1(C)N(O)C(c2nc3c(F)c(F)c(F)c(F)c3[nH]2)N(O)C1(C)C. The molecule has 0 amide bonds. The number of fused-ring (bicyclic) bond motifs is 1. The van der Waals surface area contributed by atoms with Gasteiger partial charge in [0.25, 0.3) is 0 Å². The number of benzene rings is 1. The van der Waals surface area contributed by atoms with Gasteiger partial charge >= 0.3 is 0 Å². The lowest BCUT2D eigenvalue weighted by Gasteiger charge is -2.37. The van der Waals surface area contributed by atoms with E-state index in [-0.39, 0.29) is 5.82 Å². The molecule has 1 aliphatic rings. The lowest BCUT2D eigenvalue weighted by Crippen LogP contribution is -2.52. The predicted molar refractivity (Wildman–Crippen MR) is 74.1 cm³/mol. The van der Waals surface area contributed by atoms with Crippen molar-refractivity contribution in [3.8, 4) is 0 Å². The zero-order valence-electron chi connectivity index (χ0n) is 13.3. The lowest BCUT2D eigenvalue weighted by molar-refractivity contribution is -0.225. The second-order valence-corrected chi connectivity index (χ2v) is 6.78. The molecule has 132 valence electrons. The maximum Gasteiger partial charge on any atom is 0.199 e. The van der Waals surface area contributed by atoms with E-state index in [0.717, 1.165) is 10.1 Å². The third-order valence-electron chi connectivity index (χ3n) is 5.08. The monoisotopic (exact) mass is 348 g/mol. The Labute approximate surface area is 134 Å². The fourth-order valence-electron chi connectivity index (χ4n) is 2.75. The number of aromatic amines is 1. The van der Waals surface area contributed by atoms with Crippen molar-refractivity contribution in [2.24, 2.45) is 0 Å². The molecule has 0 aliphatic carbocycles. The van der Waals surface area contributed by atoms with E-state index in [1.54, 1.807) is 27.7 Å². The van der Waals surface area contributed by atoms with Crippen LogP contribution >= 0.6 is 0 Å². The molecule has 1 fully saturated rings. The zero-order valence-corrected chi connectivity index (χ0v) is 13.3. The molecule has 6 nitrogen and oxygen atoms in total. The average molecular weight is 348 g/mol. The zero-order chi connectivity index (χ0) is 18.2. The predicted octanol–water partition coefficient (Wildman–Crippen LogP) is 3.07. The van der Waals surface area contributed by atoms with E-state index in [1.807, 2.05) is 0 Å². The smallest absolute Gasteiger partial charge is 0.199 e. The highest BCUT2D eigenvalue weighted by atomic mass is 19.2. The van der Waals surface area contributed by atoms with Crippen LogP contribution in [0.5, 0.6) is 0 Å². The van der Waals surface area contributed by atoms with E-state index in [0.29, 0.717) is 0 Å². The molecular weight excluding hydrogens is 332 g/mol. The molecule has 3 N–H and O–H groups in total. The molecule has 24 heavy (non-hydrogen) atoms. The van der Waals surface area contributed by atoms with Crippen molar-refractivity contribution in [1.82, 2.24) is 20.1 Å². The van der Waals surface area contributed by atoms with E-state index in [1.165, 1.54) is 0 Å². The Kier molecular flexibility index (Phi) is 3.48. The van der Waals surface area contributed by atoms with Gasteiger partial charge in [0.15, 0.2) is 29.4 Å². The third-order valence-corrected chi connectivity index (χ3v) is 5.08. The van der Waals surface area contributed by atoms with Crippen molar-refractivity contribution in [3.63, 3.8) is 0 Å². The normalized spacial score (nSPS) is 21.9. The molecule has 10 heteroatoms. The molecule has 0 saturated carbocycles. The van der Waals surface area contributed by atoms with Crippen LogP contribution < -0.4 is 0 Å². The van der Waals surface area contributed by atoms with E-state index < -0.39 is 51.5 Å². The molecule has 3 rings (SSSR count). The molecule has 1 saturated heterocycles. The van der Waals surface area contributed by atoms with Gasteiger partial charge in [-0.2, -0.15) is 10.1 Å². The highest BCUT2D eigenvalue weighted by molar-refractivity contribution is 5.77. The summed E-state index contributed by atoms with van der Waals surface area (Å²) in [5.41, 5.74) is -3.39. The Bertz CT molecular complexity index is 771. The number of nitrogens with zero attached hydrogens (tertiary/aromatic N) is 3. The van der Waals surface area contributed by atoms with Crippen molar-refractivity contribution in [3.05, 3.63) is 29.1 Å². The molecule has 1 aliphatic heterocycles. The van der Waals surface area contributed by atoms with E-state index in [9.17, 15) is 28.0 Å². The van der Waals surface area contributed by atoms with E-state index in [2.05, 4.69) is 9.97 Å². The standard InChI is InChI=1S/C14H16F4N4O2/c1-13(2)14(3,4)22(24)12(21(13)23)11-19-9-7(17)5(15)6(16)8(18)10(9)20-11/h12,23-24H,1-4H3,(H,19,20). The Morgan fingerprint density at radius 3 is 1.83 bits per heavy atom. The van der Waals surface area contributed by atoms with Crippen LogP contribution in [0.15, 0.2) is 0 Å². The average Bonchev–Trinajstić information content (AvgIpc) is 2.99. The molecule has 0 unspecified atom stereocenters. The van der Waals surface area contributed by atoms with Crippen LogP contribution in [0.3, 0.4) is 0 Å². The molecule has 1 aromatic carbocycles. The summed E-state index contributed by atoms with van der Waals surface area (Å²) in [5.74, 6) is -7.50. The van der Waals surface area contributed by atoms with Crippen LogP contribution in [0.25, 0.3) is 11.0 Å². The molecule has 1 aromatic heterocycles. The first kappa shape index (κ1) is 17.1. The fourth-order valence-corrected chi connectivity index (χ4v) is 2.75. The number of halogens is 4. The Morgan fingerprint density at radius 1 is 0.875 bits per heavy atom. The van der Waals surface area contributed by atoms with Crippen LogP contribution in [0.4, 0.5) is 17.6 Å². The van der Waals surface area contributed by atoms with Crippen LogP contribution in [0.1, 0.15) is 39.7 Å². The quantitative estimate of drug-likeness (QED) is 0.420. The maximum atomic E-state index is 13.8. The van der Waals surface area contributed by atoms with Crippen LogP contribution in [0.2, 0.25) is 0 Å². The first-order valence-corrected chi connectivity index (χ1v) is 7.11. The van der Waals surface area contributed by atoms with Gasteiger partial charge in [0.1, 0.15) is 16.9 Å².